The van der Waals surface area contributed by atoms with Crippen LogP contribution in [0.2, 0.25) is 0 Å². The van der Waals surface area contributed by atoms with Crippen LogP contribution in [0.5, 0.6) is 0 Å². The van der Waals surface area contributed by atoms with E-state index in [-0.39, 0.29) is 0 Å². The first-order valence-corrected chi connectivity index (χ1v) is 5.15. The summed E-state index contributed by atoms with van der Waals surface area (Å²) in [5.74, 6) is 3.32. The molecule has 3 N–H and O–H groups in total. The molecule has 0 aliphatic heterocycles. The van der Waals surface area contributed by atoms with Gasteiger partial charge in [0.25, 0.3) is 0 Å². The van der Waals surface area contributed by atoms with Crippen LogP contribution in [0.25, 0.3) is 0 Å². The zero-order valence-corrected chi connectivity index (χ0v) is 7.66. The Hall–Kier alpha value is -0.990. The zero-order chi connectivity index (χ0) is 8.84. The Morgan fingerprint density at radius 2 is 2.38 bits per heavy atom. The summed E-state index contributed by atoms with van der Waals surface area (Å²) >= 11 is 0. The average molecular weight is 177 g/mol. The van der Waals surface area contributed by atoms with E-state index >= 15 is 0 Å². The van der Waals surface area contributed by atoms with E-state index < -0.39 is 0 Å². The van der Waals surface area contributed by atoms with Crippen molar-refractivity contribution in [2.75, 3.05) is 5.73 Å². The molecule has 70 valence electrons. The van der Waals surface area contributed by atoms with Gasteiger partial charge in [0.15, 0.2) is 0 Å². The number of H-pyrrole nitrogens is 1. The second-order valence-electron chi connectivity index (χ2n) is 4.45. The number of nitrogens with one attached hydrogen (secondary N) is 1. The van der Waals surface area contributed by atoms with E-state index in [0.717, 1.165) is 17.8 Å². The van der Waals surface area contributed by atoms with Crippen molar-refractivity contribution in [1.29, 1.82) is 0 Å². The van der Waals surface area contributed by atoms with Gasteiger partial charge in [-0.2, -0.15) is 5.10 Å². The summed E-state index contributed by atoms with van der Waals surface area (Å²) in [5.41, 5.74) is 6.87. The predicted molar refractivity (Wildman–Crippen MR) is 51.2 cm³/mol. The van der Waals surface area contributed by atoms with Crippen LogP contribution in [-0.4, -0.2) is 10.2 Å². The van der Waals surface area contributed by atoms with E-state index in [1.807, 2.05) is 6.07 Å². The van der Waals surface area contributed by atoms with Crippen LogP contribution >= 0.6 is 0 Å². The summed E-state index contributed by atoms with van der Waals surface area (Å²) in [6, 6.07) is 2.01. The SMILES string of the molecule is Nc1cc(C2CCCC3CC32)[nH]n1. The number of hydrogen-bond acceptors (Lipinski definition) is 2. The van der Waals surface area contributed by atoms with E-state index in [4.69, 9.17) is 5.73 Å². The molecule has 2 saturated carbocycles. The summed E-state index contributed by atoms with van der Waals surface area (Å²) < 4.78 is 0. The summed E-state index contributed by atoms with van der Waals surface area (Å²) in [7, 11) is 0. The van der Waals surface area contributed by atoms with Crippen LogP contribution in [0.15, 0.2) is 6.07 Å². The van der Waals surface area contributed by atoms with Crippen molar-refractivity contribution in [3.63, 3.8) is 0 Å². The fourth-order valence-corrected chi connectivity index (χ4v) is 2.84. The molecule has 1 heterocycles. The highest BCUT2D eigenvalue weighted by molar-refractivity contribution is 5.31. The van der Waals surface area contributed by atoms with Crippen LogP contribution < -0.4 is 5.73 Å². The van der Waals surface area contributed by atoms with Gasteiger partial charge in [-0.25, -0.2) is 0 Å². The smallest absolute Gasteiger partial charge is 0.145 e. The largest absolute Gasteiger partial charge is 0.382 e. The third kappa shape index (κ3) is 1.14. The maximum atomic E-state index is 5.60. The lowest BCUT2D eigenvalue weighted by Gasteiger charge is -2.19. The number of hydrogen-bond donors (Lipinski definition) is 2. The highest BCUT2D eigenvalue weighted by Gasteiger charge is 2.46. The summed E-state index contributed by atoms with van der Waals surface area (Å²) in [6.07, 6.45) is 5.59. The number of anilines is 1. The maximum absolute atomic E-state index is 5.60. The summed E-state index contributed by atoms with van der Waals surface area (Å²) in [4.78, 5) is 0. The van der Waals surface area contributed by atoms with Crippen molar-refractivity contribution in [3.05, 3.63) is 11.8 Å². The van der Waals surface area contributed by atoms with Crippen LogP contribution in [0.3, 0.4) is 0 Å². The third-order valence-corrected chi connectivity index (χ3v) is 3.60. The minimum absolute atomic E-state index is 0.637. The normalized spacial score (nSPS) is 37.1. The van der Waals surface area contributed by atoms with Gasteiger partial charge in [0.05, 0.1) is 0 Å². The molecule has 3 unspecified atom stereocenters. The van der Waals surface area contributed by atoms with Crippen LogP contribution in [0.4, 0.5) is 5.82 Å². The van der Waals surface area contributed by atoms with Crippen molar-refractivity contribution in [1.82, 2.24) is 10.2 Å². The van der Waals surface area contributed by atoms with E-state index in [9.17, 15) is 0 Å². The number of aromatic nitrogens is 2. The number of fused-ring (bicyclic) bond motifs is 1. The maximum Gasteiger partial charge on any atom is 0.145 e. The van der Waals surface area contributed by atoms with E-state index in [1.54, 1.807) is 0 Å². The highest BCUT2D eigenvalue weighted by atomic mass is 15.2. The first-order valence-electron chi connectivity index (χ1n) is 5.15. The zero-order valence-electron chi connectivity index (χ0n) is 7.66. The molecule has 3 nitrogen and oxygen atoms in total. The van der Waals surface area contributed by atoms with Crippen molar-refractivity contribution in [2.24, 2.45) is 11.8 Å². The molecular weight excluding hydrogens is 162 g/mol. The molecular formula is C10H15N3. The molecule has 2 fully saturated rings. The predicted octanol–water partition coefficient (Wildman–Crippen LogP) is 1.90. The van der Waals surface area contributed by atoms with Gasteiger partial charge in [-0.3, -0.25) is 5.10 Å². The molecule has 3 atom stereocenters. The summed E-state index contributed by atoms with van der Waals surface area (Å²) in [6.45, 7) is 0. The minimum Gasteiger partial charge on any atom is -0.382 e. The Labute approximate surface area is 77.7 Å². The Morgan fingerprint density at radius 1 is 1.46 bits per heavy atom. The van der Waals surface area contributed by atoms with Gasteiger partial charge >= 0.3 is 0 Å². The third-order valence-electron chi connectivity index (χ3n) is 3.60. The molecule has 2 aliphatic rings. The van der Waals surface area contributed by atoms with Crippen molar-refractivity contribution in [3.8, 4) is 0 Å². The van der Waals surface area contributed by atoms with E-state index in [2.05, 4.69) is 10.2 Å². The van der Waals surface area contributed by atoms with Crippen molar-refractivity contribution < 1.29 is 0 Å². The lowest BCUT2D eigenvalue weighted by atomic mass is 9.87. The lowest BCUT2D eigenvalue weighted by Crippen LogP contribution is -2.08. The van der Waals surface area contributed by atoms with Gasteiger partial charge in [0.1, 0.15) is 5.82 Å². The first-order chi connectivity index (χ1) is 6.34. The van der Waals surface area contributed by atoms with Gasteiger partial charge in [0.2, 0.25) is 0 Å². The van der Waals surface area contributed by atoms with Gasteiger partial charge in [0, 0.05) is 17.7 Å². The molecule has 0 aromatic carbocycles. The molecule has 13 heavy (non-hydrogen) atoms. The van der Waals surface area contributed by atoms with Crippen molar-refractivity contribution >= 4 is 5.82 Å². The van der Waals surface area contributed by atoms with Crippen LogP contribution in [0.1, 0.15) is 37.3 Å². The minimum atomic E-state index is 0.637. The average Bonchev–Trinajstić information content (AvgIpc) is 2.81. The Morgan fingerprint density at radius 3 is 3.15 bits per heavy atom. The molecule has 1 aromatic heterocycles. The standard InChI is InChI=1S/C10H15N3/c11-10-5-9(12-13-10)7-3-1-2-6-4-8(6)7/h5-8H,1-4H2,(H3,11,12,13). The topological polar surface area (TPSA) is 54.7 Å². The van der Waals surface area contributed by atoms with Gasteiger partial charge in [-0.15, -0.1) is 0 Å². The Bertz CT molecular complexity index is 318. The molecule has 0 spiro atoms. The fraction of sp³-hybridized carbons (Fsp3) is 0.700. The Kier molecular flexibility index (Phi) is 1.43. The summed E-state index contributed by atoms with van der Waals surface area (Å²) in [5, 5.41) is 7.05. The highest BCUT2D eigenvalue weighted by Crippen LogP contribution is 2.56. The number of nitrogens with zero attached hydrogens (tertiary/aromatic N) is 1. The van der Waals surface area contributed by atoms with Crippen LogP contribution in [-0.2, 0) is 0 Å². The number of nitrogen functional groups attached to an aromatic ring is 1. The molecule has 0 bridgehead atoms. The van der Waals surface area contributed by atoms with Gasteiger partial charge in [-0.1, -0.05) is 12.8 Å². The number of aromatic amines is 1. The van der Waals surface area contributed by atoms with Gasteiger partial charge in [-0.05, 0) is 24.7 Å². The second kappa shape index (κ2) is 2.50. The molecule has 1 aromatic rings. The Balaban J connectivity index is 1.84. The van der Waals surface area contributed by atoms with E-state index in [0.29, 0.717) is 5.82 Å². The number of rotatable bonds is 1. The molecule has 3 rings (SSSR count). The van der Waals surface area contributed by atoms with E-state index in [1.165, 1.54) is 31.4 Å². The first kappa shape index (κ1) is 7.42. The van der Waals surface area contributed by atoms with Gasteiger partial charge < -0.3 is 5.73 Å². The second-order valence-corrected chi connectivity index (χ2v) is 4.45. The number of nitrogens with two attached hydrogens (primary N) is 1. The molecule has 0 radical (unpaired) electrons. The monoisotopic (exact) mass is 177 g/mol. The molecule has 3 heteroatoms. The van der Waals surface area contributed by atoms with Crippen LogP contribution in [0, 0.1) is 11.8 Å². The van der Waals surface area contributed by atoms with Crippen molar-refractivity contribution in [2.45, 2.75) is 31.6 Å². The molecule has 2 aliphatic carbocycles. The quantitative estimate of drug-likeness (QED) is 0.688. The lowest BCUT2D eigenvalue weighted by molar-refractivity contribution is 0.413. The fourth-order valence-electron chi connectivity index (χ4n) is 2.84. The molecule has 0 amide bonds. The molecule has 0 saturated heterocycles.